The Morgan fingerprint density at radius 2 is 1.81 bits per heavy atom. The summed E-state index contributed by atoms with van der Waals surface area (Å²) in [6.07, 6.45) is 4.76. The molecular weight excluding hydrogens is 346 g/mol. The van der Waals surface area contributed by atoms with Gasteiger partial charge in [0.2, 0.25) is 0 Å². The van der Waals surface area contributed by atoms with Crippen LogP contribution in [0, 0.1) is 17.3 Å². The van der Waals surface area contributed by atoms with Crippen LogP contribution in [0.3, 0.4) is 0 Å². The van der Waals surface area contributed by atoms with Gasteiger partial charge in [-0.05, 0) is 81.5 Å². The van der Waals surface area contributed by atoms with E-state index in [-0.39, 0.29) is 18.5 Å². The van der Waals surface area contributed by atoms with Crippen molar-refractivity contribution in [3.8, 4) is 5.75 Å². The normalized spacial score (nSPS) is 33.6. The Kier molecular flexibility index (Phi) is 4.62. The summed E-state index contributed by atoms with van der Waals surface area (Å²) in [4.78, 5) is 24.9. The molecule has 1 aromatic carbocycles. The summed E-state index contributed by atoms with van der Waals surface area (Å²) in [7, 11) is 0. The highest BCUT2D eigenvalue weighted by atomic mass is 16.5. The van der Waals surface area contributed by atoms with Gasteiger partial charge in [0, 0.05) is 5.69 Å². The first kappa shape index (κ1) is 18.3. The van der Waals surface area contributed by atoms with E-state index in [1.807, 2.05) is 6.92 Å². The first-order chi connectivity index (χ1) is 12.9. The van der Waals surface area contributed by atoms with E-state index in [0.717, 1.165) is 37.9 Å². The predicted octanol–water partition coefficient (Wildman–Crippen LogP) is 2.90. The molecule has 1 amide bonds. The van der Waals surface area contributed by atoms with E-state index in [1.54, 1.807) is 24.3 Å². The van der Waals surface area contributed by atoms with Crippen LogP contribution in [0.2, 0.25) is 0 Å². The summed E-state index contributed by atoms with van der Waals surface area (Å²) in [5.41, 5.74) is -0.685. The topological polar surface area (TPSA) is 84.9 Å². The molecule has 4 fully saturated rings. The second kappa shape index (κ2) is 6.82. The Morgan fingerprint density at radius 1 is 1.15 bits per heavy atom. The van der Waals surface area contributed by atoms with Crippen LogP contribution < -0.4 is 10.1 Å². The number of carbonyl (C=O) groups is 2. The first-order valence-corrected chi connectivity index (χ1v) is 9.82. The van der Waals surface area contributed by atoms with E-state index in [0.29, 0.717) is 30.6 Å². The lowest BCUT2D eigenvalue weighted by atomic mass is 9.48. The van der Waals surface area contributed by atoms with Crippen molar-refractivity contribution in [2.24, 2.45) is 17.3 Å². The Bertz CT molecular complexity index is 715. The van der Waals surface area contributed by atoms with E-state index in [2.05, 4.69) is 5.32 Å². The quantitative estimate of drug-likeness (QED) is 0.749. The van der Waals surface area contributed by atoms with Crippen molar-refractivity contribution in [2.45, 2.75) is 51.0 Å². The van der Waals surface area contributed by atoms with Crippen molar-refractivity contribution in [3.05, 3.63) is 24.3 Å². The van der Waals surface area contributed by atoms with Crippen LogP contribution in [0.4, 0.5) is 5.69 Å². The predicted molar refractivity (Wildman–Crippen MR) is 99.3 cm³/mol. The Labute approximate surface area is 159 Å². The maximum absolute atomic E-state index is 12.8. The summed E-state index contributed by atoms with van der Waals surface area (Å²) in [6.45, 7) is 2.19. The van der Waals surface area contributed by atoms with Crippen LogP contribution in [-0.2, 0) is 14.3 Å². The SMILES string of the molecule is CCOc1ccc(NC(=O)COC(=O)C23C[C@@H]4C[C@@H](CC(O)(C4)C2)C3)cc1. The van der Waals surface area contributed by atoms with E-state index < -0.39 is 11.0 Å². The molecule has 6 heteroatoms. The highest BCUT2D eigenvalue weighted by molar-refractivity contribution is 5.93. The first-order valence-electron chi connectivity index (χ1n) is 9.82. The third-order valence-corrected chi connectivity index (χ3v) is 6.25. The van der Waals surface area contributed by atoms with Gasteiger partial charge in [0.05, 0.1) is 17.6 Å². The molecule has 2 unspecified atom stereocenters. The van der Waals surface area contributed by atoms with E-state index in [4.69, 9.17) is 9.47 Å². The van der Waals surface area contributed by atoms with Crippen molar-refractivity contribution < 1.29 is 24.2 Å². The van der Waals surface area contributed by atoms with Gasteiger partial charge in [-0.15, -0.1) is 0 Å². The lowest BCUT2D eigenvalue weighted by Crippen LogP contribution is -2.58. The second-order valence-electron chi connectivity index (χ2n) is 8.55. The minimum Gasteiger partial charge on any atom is -0.494 e. The number of benzene rings is 1. The van der Waals surface area contributed by atoms with Crippen LogP contribution in [0.1, 0.15) is 45.4 Å². The number of esters is 1. The Morgan fingerprint density at radius 3 is 2.41 bits per heavy atom. The molecule has 0 aliphatic heterocycles. The maximum Gasteiger partial charge on any atom is 0.312 e. The molecule has 0 aromatic heterocycles. The monoisotopic (exact) mass is 373 g/mol. The smallest absolute Gasteiger partial charge is 0.312 e. The van der Waals surface area contributed by atoms with Gasteiger partial charge in [-0.1, -0.05) is 0 Å². The fourth-order valence-corrected chi connectivity index (χ4v) is 5.74. The molecule has 5 rings (SSSR count). The zero-order valence-corrected chi connectivity index (χ0v) is 15.7. The van der Waals surface area contributed by atoms with Gasteiger partial charge in [0.25, 0.3) is 5.91 Å². The molecule has 4 bridgehead atoms. The molecule has 4 saturated carbocycles. The molecule has 4 aliphatic rings. The molecule has 0 saturated heterocycles. The third kappa shape index (κ3) is 3.68. The molecule has 2 N–H and O–H groups in total. The number of carbonyl (C=O) groups excluding carboxylic acids is 2. The molecule has 27 heavy (non-hydrogen) atoms. The lowest BCUT2D eigenvalue weighted by Gasteiger charge is -2.58. The Balaban J connectivity index is 1.32. The maximum atomic E-state index is 12.8. The molecule has 0 radical (unpaired) electrons. The number of rotatable bonds is 6. The van der Waals surface area contributed by atoms with Crippen LogP contribution in [0.5, 0.6) is 5.75 Å². The van der Waals surface area contributed by atoms with Crippen molar-refractivity contribution in [2.75, 3.05) is 18.5 Å². The summed E-state index contributed by atoms with van der Waals surface area (Å²) in [6, 6.07) is 7.06. The van der Waals surface area contributed by atoms with Gasteiger partial charge in [-0.25, -0.2) is 0 Å². The van der Waals surface area contributed by atoms with Crippen molar-refractivity contribution in [1.29, 1.82) is 0 Å². The van der Waals surface area contributed by atoms with Crippen LogP contribution >= 0.6 is 0 Å². The molecular formula is C21H27NO5. The van der Waals surface area contributed by atoms with Gasteiger partial charge >= 0.3 is 5.97 Å². The fraction of sp³-hybridized carbons (Fsp3) is 0.619. The lowest BCUT2D eigenvalue weighted by molar-refractivity contribution is -0.196. The van der Waals surface area contributed by atoms with Crippen molar-refractivity contribution in [1.82, 2.24) is 0 Å². The summed E-state index contributed by atoms with van der Waals surface area (Å²) >= 11 is 0. The minimum atomic E-state index is -0.715. The largest absolute Gasteiger partial charge is 0.494 e. The van der Waals surface area contributed by atoms with Crippen molar-refractivity contribution >= 4 is 17.6 Å². The van der Waals surface area contributed by atoms with E-state index in [9.17, 15) is 14.7 Å². The number of ether oxygens (including phenoxy) is 2. The third-order valence-electron chi connectivity index (χ3n) is 6.25. The van der Waals surface area contributed by atoms with Crippen molar-refractivity contribution in [3.63, 3.8) is 0 Å². The number of amides is 1. The summed E-state index contributed by atoms with van der Waals surface area (Å²) in [5, 5.41) is 13.5. The zero-order chi connectivity index (χ0) is 19.1. The molecule has 6 nitrogen and oxygen atoms in total. The molecule has 146 valence electrons. The van der Waals surface area contributed by atoms with Crippen LogP contribution in [0.25, 0.3) is 0 Å². The number of hydrogen-bond donors (Lipinski definition) is 2. The number of nitrogens with one attached hydrogen (secondary N) is 1. The fourth-order valence-electron chi connectivity index (χ4n) is 5.74. The highest BCUT2D eigenvalue weighted by Crippen LogP contribution is 2.61. The molecule has 0 spiro atoms. The standard InChI is InChI=1S/C21H27NO5/c1-2-26-17-5-3-16(4-6-17)22-18(23)12-27-19(24)20-8-14-7-15(9-20)11-21(25,10-14)13-20/h3-6,14-15,25H,2,7-13H2,1H3,(H,22,23)/t14-,15+,20?,21?. The van der Waals surface area contributed by atoms with Gasteiger partial charge in [0.1, 0.15) is 5.75 Å². The van der Waals surface area contributed by atoms with E-state index in [1.165, 1.54) is 0 Å². The summed E-state index contributed by atoms with van der Waals surface area (Å²) < 4.78 is 10.7. The van der Waals surface area contributed by atoms with Crippen LogP contribution in [-0.4, -0.2) is 35.8 Å². The molecule has 4 atom stereocenters. The Hall–Kier alpha value is -2.08. The van der Waals surface area contributed by atoms with Gasteiger partial charge in [-0.3, -0.25) is 9.59 Å². The average molecular weight is 373 g/mol. The van der Waals surface area contributed by atoms with E-state index >= 15 is 0 Å². The molecule has 0 heterocycles. The van der Waals surface area contributed by atoms with Crippen LogP contribution in [0.15, 0.2) is 24.3 Å². The number of hydrogen-bond acceptors (Lipinski definition) is 5. The number of anilines is 1. The number of aliphatic hydroxyl groups is 1. The highest BCUT2D eigenvalue weighted by Gasteiger charge is 2.60. The second-order valence-corrected chi connectivity index (χ2v) is 8.55. The average Bonchev–Trinajstić information content (AvgIpc) is 2.59. The minimum absolute atomic E-state index is 0.304. The molecule has 4 aliphatic carbocycles. The summed E-state index contributed by atoms with van der Waals surface area (Å²) in [5.74, 6) is 0.859. The molecule has 1 aromatic rings. The van der Waals surface area contributed by atoms with Gasteiger partial charge < -0.3 is 19.9 Å². The van der Waals surface area contributed by atoms with Gasteiger partial charge in [0.15, 0.2) is 6.61 Å². The van der Waals surface area contributed by atoms with Gasteiger partial charge in [-0.2, -0.15) is 0 Å². The zero-order valence-electron chi connectivity index (χ0n) is 15.7.